The van der Waals surface area contributed by atoms with Gasteiger partial charge in [-0.3, -0.25) is 15.0 Å². The molecule has 0 aliphatic rings. The van der Waals surface area contributed by atoms with Gasteiger partial charge in [-0.15, -0.1) is 0 Å². The number of amides is 1. The van der Waals surface area contributed by atoms with E-state index >= 15 is 0 Å². The van der Waals surface area contributed by atoms with Crippen molar-refractivity contribution < 1.29 is 9.59 Å². The Kier molecular flexibility index (Phi) is 4.04. The topological polar surface area (TPSA) is 58.2 Å². The van der Waals surface area contributed by atoms with Crippen LogP contribution in [0.25, 0.3) is 0 Å². The summed E-state index contributed by atoms with van der Waals surface area (Å²) in [6.45, 7) is 5.48. The van der Waals surface area contributed by atoms with Gasteiger partial charge in [-0.1, -0.05) is 20.8 Å². The quantitative estimate of drug-likeness (QED) is 0.277. The normalized spacial score (nSPS) is 11.2. The molecule has 0 aromatic rings. The molecule has 12 heavy (non-hydrogen) atoms. The molecule has 0 atom stereocenters. The van der Waals surface area contributed by atoms with Crippen LogP contribution in [0, 0.1) is 5.41 Å². The zero-order valence-electron chi connectivity index (χ0n) is 7.55. The summed E-state index contributed by atoms with van der Waals surface area (Å²) in [6.07, 6.45) is 3.27. The molecule has 2 N–H and O–H groups in total. The predicted molar refractivity (Wildman–Crippen MR) is 45.9 cm³/mol. The lowest BCUT2D eigenvalue weighted by Gasteiger charge is -2.12. The Hall–Kier alpha value is -1.32. The Labute approximate surface area is 72.0 Å². The summed E-state index contributed by atoms with van der Waals surface area (Å²) >= 11 is 0. The van der Waals surface area contributed by atoms with Crippen molar-refractivity contribution in [2.75, 3.05) is 0 Å². The van der Waals surface area contributed by atoms with Gasteiger partial charge in [0.1, 0.15) is 0 Å². The molecule has 4 nitrogen and oxygen atoms in total. The molecular formula is C8H14N2O2. The molecule has 0 unspecified atom stereocenters. The van der Waals surface area contributed by atoms with Crippen molar-refractivity contribution >= 4 is 12.2 Å². The first kappa shape index (κ1) is 10.7. The van der Waals surface area contributed by atoms with Crippen LogP contribution < -0.4 is 10.9 Å². The Morgan fingerprint density at radius 3 is 2.25 bits per heavy atom. The van der Waals surface area contributed by atoms with Gasteiger partial charge in [0.05, 0.1) is 0 Å². The second-order valence-corrected chi connectivity index (χ2v) is 3.35. The van der Waals surface area contributed by atoms with Gasteiger partial charge < -0.3 is 5.43 Å². The van der Waals surface area contributed by atoms with Gasteiger partial charge in [-0.2, -0.15) is 0 Å². The second kappa shape index (κ2) is 4.54. The molecule has 0 aliphatic heterocycles. The van der Waals surface area contributed by atoms with Crippen LogP contribution >= 0.6 is 0 Å². The summed E-state index contributed by atoms with van der Waals surface area (Å²) in [5.41, 5.74) is 4.23. The number of hydrogen-bond acceptors (Lipinski definition) is 3. The summed E-state index contributed by atoms with van der Waals surface area (Å²) in [5.74, 6) is 0.00250. The van der Waals surface area contributed by atoms with Crippen molar-refractivity contribution in [3.63, 3.8) is 0 Å². The highest BCUT2D eigenvalue weighted by Crippen LogP contribution is 2.14. The number of rotatable bonds is 4. The first-order valence-electron chi connectivity index (χ1n) is 3.64. The lowest BCUT2D eigenvalue weighted by atomic mass is 9.91. The minimum Gasteiger partial charge on any atom is -0.306 e. The molecule has 4 heteroatoms. The molecule has 0 radical (unpaired) electrons. The molecule has 0 heterocycles. The third kappa shape index (κ3) is 4.49. The smallest absolute Gasteiger partial charge is 0.225 e. The molecule has 0 saturated carbocycles. The Balaban J connectivity index is 3.84. The van der Waals surface area contributed by atoms with Crippen molar-refractivity contribution in [2.45, 2.75) is 20.8 Å². The summed E-state index contributed by atoms with van der Waals surface area (Å²) in [6, 6.07) is 0. The number of nitrogens with one attached hydrogen (secondary N) is 2. The second-order valence-electron chi connectivity index (χ2n) is 3.35. The lowest BCUT2D eigenvalue weighted by molar-refractivity contribution is -0.121. The maximum absolute atomic E-state index is 11.2. The zero-order valence-corrected chi connectivity index (χ0v) is 7.55. The molecule has 0 aromatic carbocycles. The Morgan fingerprint density at radius 1 is 1.25 bits per heavy atom. The van der Waals surface area contributed by atoms with E-state index in [0.717, 1.165) is 0 Å². The Bertz CT molecular complexity index is 192. The standard InChI is InChI=1S/C8H14N2O2/c1-8(2,3)7(12)4-5-9-10-6-11/h4-6,9H,1-3H3,(H,10,11)/b5-4+. The van der Waals surface area contributed by atoms with E-state index in [2.05, 4.69) is 10.9 Å². The van der Waals surface area contributed by atoms with Crippen LogP contribution in [0.3, 0.4) is 0 Å². The van der Waals surface area contributed by atoms with Gasteiger partial charge in [0.15, 0.2) is 5.78 Å². The molecule has 1 amide bonds. The first-order chi connectivity index (χ1) is 5.48. The molecule has 0 spiro atoms. The fourth-order valence-corrected chi connectivity index (χ4v) is 0.449. The van der Waals surface area contributed by atoms with Crippen molar-refractivity contribution in [1.29, 1.82) is 0 Å². The molecule has 0 fully saturated rings. The van der Waals surface area contributed by atoms with Gasteiger partial charge in [0, 0.05) is 11.6 Å². The summed E-state index contributed by atoms with van der Waals surface area (Å²) < 4.78 is 0. The average Bonchev–Trinajstić information content (AvgIpc) is 1.96. The van der Waals surface area contributed by atoms with E-state index in [9.17, 15) is 9.59 Å². The molecule has 0 saturated heterocycles. The minimum atomic E-state index is -0.376. The SMILES string of the molecule is CC(C)(C)C(=O)/C=C/NNC=O. The van der Waals surface area contributed by atoms with Crippen LogP contribution in [0.15, 0.2) is 12.3 Å². The van der Waals surface area contributed by atoms with Crippen LogP contribution in [0.2, 0.25) is 0 Å². The maximum Gasteiger partial charge on any atom is 0.225 e. The molecule has 0 rings (SSSR count). The third-order valence-corrected chi connectivity index (χ3v) is 1.20. The summed E-state index contributed by atoms with van der Waals surface area (Å²) in [5, 5.41) is 0. The summed E-state index contributed by atoms with van der Waals surface area (Å²) in [7, 11) is 0. The molecular weight excluding hydrogens is 156 g/mol. The van der Waals surface area contributed by atoms with E-state index < -0.39 is 0 Å². The molecule has 0 aliphatic carbocycles. The number of allylic oxidation sites excluding steroid dienone is 1. The predicted octanol–water partition coefficient (Wildman–Crippen LogP) is 0.366. The summed E-state index contributed by atoms with van der Waals surface area (Å²) in [4.78, 5) is 20.9. The van der Waals surface area contributed by atoms with Crippen molar-refractivity contribution in [2.24, 2.45) is 5.41 Å². The van der Waals surface area contributed by atoms with Crippen LogP contribution in [-0.2, 0) is 9.59 Å². The lowest BCUT2D eigenvalue weighted by Crippen LogP contribution is -2.25. The van der Waals surface area contributed by atoms with Crippen LogP contribution in [0.5, 0.6) is 0 Å². The fourth-order valence-electron chi connectivity index (χ4n) is 0.449. The van der Waals surface area contributed by atoms with Gasteiger partial charge >= 0.3 is 0 Å². The fraction of sp³-hybridized carbons (Fsp3) is 0.500. The van der Waals surface area contributed by atoms with E-state index in [1.807, 2.05) is 20.8 Å². The Morgan fingerprint density at radius 2 is 1.83 bits per heavy atom. The average molecular weight is 170 g/mol. The van der Waals surface area contributed by atoms with Crippen molar-refractivity contribution in [1.82, 2.24) is 10.9 Å². The van der Waals surface area contributed by atoms with E-state index in [0.29, 0.717) is 6.41 Å². The van der Waals surface area contributed by atoms with Gasteiger partial charge in [0.2, 0.25) is 6.41 Å². The number of hydrazine groups is 1. The van der Waals surface area contributed by atoms with Gasteiger partial charge in [0.25, 0.3) is 0 Å². The number of ketones is 1. The first-order valence-corrected chi connectivity index (χ1v) is 3.64. The number of hydrogen-bond donors (Lipinski definition) is 2. The van der Waals surface area contributed by atoms with E-state index in [1.54, 1.807) is 0 Å². The van der Waals surface area contributed by atoms with Crippen LogP contribution in [-0.4, -0.2) is 12.2 Å². The van der Waals surface area contributed by atoms with Gasteiger partial charge in [-0.25, -0.2) is 0 Å². The highest BCUT2D eigenvalue weighted by molar-refractivity contribution is 5.93. The zero-order chi connectivity index (χ0) is 9.61. The highest BCUT2D eigenvalue weighted by atomic mass is 16.1. The number of carbonyl (C=O) groups is 2. The van der Waals surface area contributed by atoms with E-state index in [4.69, 9.17) is 0 Å². The van der Waals surface area contributed by atoms with Crippen molar-refractivity contribution in [3.05, 3.63) is 12.3 Å². The van der Waals surface area contributed by atoms with Crippen LogP contribution in [0.1, 0.15) is 20.8 Å². The van der Waals surface area contributed by atoms with E-state index in [1.165, 1.54) is 12.3 Å². The molecule has 68 valence electrons. The monoisotopic (exact) mass is 170 g/mol. The third-order valence-electron chi connectivity index (χ3n) is 1.20. The largest absolute Gasteiger partial charge is 0.306 e. The maximum atomic E-state index is 11.2. The molecule has 0 bridgehead atoms. The highest BCUT2D eigenvalue weighted by Gasteiger charge is 2.17. The molecule has 0 aromatic heterocycles. The van der Waals surface area contributed by atoms with Crippen LogP contribution in [0.4, 0.5) is 0 Å². The number of carbonyl (C=O) groups excluding carboxylic acids is 2. The van der Waals surface area contributed by atoms with E-state index in [-0.39, 0.29) is 11.2 Å². The van der Waals surface area contributed by atoms with Gasteiger partial charge in [-0.05, 0) is 6.08 Å². The van der Waals surface area contributed by atoms with Crippen molar-refractivity contribution in [3.8, 4) is 0 Å². The minimum absolute atomic E-state index is 0.00250.